The molecule has 0 bridgehead atoms. The lowest BCUT2D eigenvalue weighted by Gasteiger charge is -2.11. The zero-order valence-electron chi connectivity index (χ0n) is 13.0. The molecule has 0 saturated heterocycles. The molecule has 0 N–H and O–H groups in total. The third-order valence-electron chi connectivity index (χ3n) is 3.56. The van der Waals surface area contributed by atoms with Gasteiger partial charge in [-0.05, 0) is 41.8 Å². The molecule has 2 aromatic carbocycles. The smallest absolute Gasteiger partial charge is 0.185 e. The molecule has 0 aliphatic heterocycles. The van der Waals surface area contributed by atoms with Crippen LogP contribution in [0.4, 0.5) is 0 Å². The predicted octanol–water partition coefficient (Wildman–Crippen LogP) is 5.21. The maximum absolute atomic E-state index is 10.9. The van der Waals surface area contributed by atoms with Gasteiger partial charge in [-0.2, -0.15) is 0 Å². The van der Waals surface area contributed by atoms with Crippen molar-refractivity contribution in [2.45, 2.75) is 13.3 Å². The van der Waals surface area contributed by atoms with Crippen molar-refractivity contribution in [1.29, 1.82) is 0 Å². The van der Waals surface area contributed by atoms with Crippen LogP contribution in [-0.4, -0.2) is 12.9 Å². The zero-order chi connectivity index (χ0) is 16.1. The summed E-state index contributed by atoms with van der Waals surface area (Å²) in [5, 5.41) is 0. The van der Waals surface area contributed by atoms with Gasteiger partial charge in [0.2, 0.25) is 0 Å². The third-order valence-corrected chi connectivity index (χ3v) is 3.56. The minimum Gasteiger partial charge on any atom is -0.493 e. The maximum Gasteiger partial charge on any atom is 0.185 e. The first kappa shape index (κ1) is 15.1. The van der Waals surface area contributed by atoms with Crippen LogP contribution in [0.3, 0.4) is 0 Å². The number of hydrogen-bond acceptors (Lipinski definition) is 3. The van der Waals surface area contributed by atoms with Crippen molar-refractivity contribution in [3.63, 3.8) is 0 Å². The first-order valence-electron chi connectivity index (χ1n) is 7.69. The van der Waals surface area contributed by atoms with Crippen molar-refractivity contribution in [2.24, 2.45) is 0 Å². The van der Waals surface area contributed by atoms with Crippen LogP contribution in [-0.2, 0) is 0 Å². The Morgan fingerprint density at radius 1 is 1.00 bits per heavy atom. The average Bonchev–Trinajstić information content (AvgIpc) is 3.09. The molecule has 23 heavy (non-hydrogen) atoms. The van der Waals surface area contributed by atoms with Gasteiger partial charge in [-0.25, -0.2) is 0 Å². The number of hydrogen-bond donors (Lipinski definition) is 0. The Hall–Kier alpha value is -2.81. The molecule has 0 radical (unpaired) electrons. The molecule has 1 aromatic heterocycles. The molecule has 0 atom stereocenters. The number of benzene rings is 2. The minimum absolute atomic E-state index is 0.312. The van der Waals surface area contributed by atoms with Crippen molar-refractivity contribution in [2.75, 3.05) is 6.61 Å². The summed E-state index contributed by atoms with van der Waals surface area (Å²) in [6.45, 7) is 2.70. The van der Waals surface area contributed by atoms with Gasteiger partial charge in [0.1, 0.15) is 11.5 Å². The van der Waals surface area contributed by atoms with Gasteiger partial charge in [-0.15, -0.1) is 0 Å². The van der Waals surface area contributed by atoms with Crippen molar-refractivity contribution in [3.05, 3.63) is 66.4 Å². The second-order valence-corrected chi connectivity index (χ2v) is 5.25. The highest BCUT2D eigenvalue weighted by Gasteiger charge is 2.12. The van der Waals surface area contributed by atoms with Crippen LogP contribution in [0.15, 0.2) is 65.1 Å². The summed E-state index contributed by atoms with van der Waals surface area (Å²) in [6.07, 6.45) is 1.63. The van der Waals surface area contributed by atoms with Gasteiger partial charge in [-0.1, -0.05) is 43.3 Å². The number of rotatable bonds is 6. The van der Waals surface area contributed by atoms with Gasteiger partial charge >= 0.3 is 0 Å². The van der Waals surface area contributed by atoms with Gasteiger partial charge in [0.05, 0.1) is 12.2 Å². The molecule has 1 heterocycles. The fourth-order valence-corrected chi connectivity index (χ4v) is 2.43. The fraction of sp³-hybridized carbons (Fsp3) is 0.150. The average molecular weight is 306 g/mol. The van der Waals surface area contributed by atoms with E-state index in [1.54, 1.807) is 12.1 Å². The standard InChI is InChI=1S/C20H18O3/c1-2-12-22-19-10-8-16(15-6-4-3-5-7-15)13-18(19)20-11-9-17(14-21)23-20/h3-11,13-14H,2,12H2,1H3. The first-order chi connectivity index (χ1) is 11.3. The summed E-state index contributed by atoms with van der Waals surface area (Å²) in [4.78, 5) is 10.9. The molecular weight excluding hydrogens is 288 g/mol. The van der Waals surface area contributed by atoms with Crippen molar-refractivity contribution in [1.82, 2.24) is 0 Å². The Labute approximate surface area is 135 Å². The molecule has 3 rings (SSSR count). The number of carbonyl (C=O) groups excluding carboxylic acids is 1. The van der Waals surface area contributed by atoms with Crippen LogP contribution >= 0.6 is 0 Å². The van der Waals surface area contributed by atoms with E-state index in [9.17, 15) is 4.79 Å². The van der Waals surface area contributed by atoms with Crippen LogP contribution in [0.2, 0.25) is 0 Å². The Morgan fingerprint density at radius 3 is 2.52 bits per heavy atom. The summed E-state index contributed by atoms with van der Waals surface area (Å²) < 4.78 is 11.4. The lowest BCUT2D eigenvalue weighted by molar-refractivity contribution is 0.110. The third kappa shape index (κ3) is 3.34. The first-order valence-corrected chi connectivity index (χ1v) is 7.69. The molecular formula is C20H18O3. The fourth-order valence-electron chi connectivity index (χ4n) is 2.43. The van der Waals surface area contributed by atoms with E-state index in [-0.39, 0.29) is 0 Å². The molecule has 0 fully saturated rings. The summed E-state index contributed by atoms with van der Waals surface area (Å²) in [5.74, 6) is 1.71. The van der Waals surface area contributed by atoms with Gasteiger partial charge in [0, 0.05) is 0 Å². The highest BCUT2D eigenvalue weighted by molar-refractivity contribution is 5.78. The molecule has 116 valence electrons. The van der Waals surface area contributed by atoms with E-state index in [4.69, 9.17) is 9.15 Å². The van der Waals surface area contributed by atoms with E-state index < -0.39 is 0 Å². The molecule has 0 aliphatic rings. The van der Waals surface area contributed by atoms with E-state index in [1.165, 1.54) is 0 Å². The Balaban J connectivity index is 2.06. The van der Waals surface area contributed by atoms with E-state index >= 15 is 0 Å². The van der Waals surface area contributed by atoms with Gasteiger partial charge in [-0.3, -0.25) is 4.79 Å². The summed E-state index contributed by atoms with van der Waals surface area (Å²) >= 11 is 0. The molecule has 0 amide bonds. The summed E-state index contributed by atoms with van der Waals surface area (Å²) in [5.41, 5.74) is 3.05. The molecule has 0 aliphatic carbocycles. The Morgan fingerprint density at radius 2 is 1.83 bits per heavy atom. The summed E-state index contributed by atoms with van der Waals surface area (Å²) in [6, 6.07) is 19.6. The number of ether oxygens (including phenoxy) is 1. The van der Waals surface area contributed by atoms with Gasteiger partial charge in [0.25, 0.3) is 0 Å². The number of furan rings is 1. The lowest BCUT2D eigenvalue weighted by atomic mass is 10.0. The molecule has 3 heteroatoms. The Bertz CT molecular complexity index is 788. The highest BCUT2D eigenvalue weighted by atomic mass is 16.5. The van der Waals surface area contributed by atoms with E-state index in [0.717, 1.165) is 28.9 Å². The maximum atomic E-state index is 10.9. The van der Waals surface area contributed by atoms with Crippen LogP contribution in [0, 0.1) is 0 Å². The molecule has 0 spiro atoms. The van der Waals surface area contributed by atoms with Crippen LogP contribution in [0.5, 0.6) is 5.75 Å². The topological polar surface area (TPSA) is 39.4 Å². The minimum atomic E-state index is 0.312. The predicted molar refractivity (Wildman–Crippen MR) is 90.8 cm³/mol. The largest absolute Gasteiger partial charge is 0.493 e. The van der Waals surface area contributed by atoms with Gasteiger partial charge < -0.3 is 9.15 Å². The molecule has 0 saturated carbocycles. The quantitative estimate of drug-likeness (QED) is 0.586. The normalized spacial score (nSPS) is 10.5. The monoisotopic (exact) mass is 306 g/mol. The SMILES string of the molecule is CCCOc1ccc(-c2ccccc2)cc1-c1ccc(C=O)o1. The van der Waals surface area contributed by atoms with Crippen LogP contribution < -0.4 is 4.74 Å². The van der Waals surface area contributed by atoms with E-state index in [0.29, 0.717) is 24.4 Å². The summed E-state index contributed by atoms with van der Waals surface area (Å²) in [7, 11) is 0. The second kappa shape index (κ2) is 6.97. The van der Waals surface area contributed by atoms with Crippen molar-refractivity contribution < 1.29 is 13.9 Å². The van der Waals surface area contributed by atoms with E-state index in [2.05, 4.69) is 19.1 Å². The van der Waals surface area contributed by atoms with Crippen LogP contribution in [0.1, 0.15) is 23.9 Å². The molecule has 3 nitrogen and oxygen atoms in total. The van der Waals surface area contributed by atoms with Crippen molar-refractivity contribution >= 4 is 6.29 Å². The zero-order valence-corrected chi connectivity index (χ0v) is 13.0. The van der Waals surface area contributed by atoms with Crippen molar-refractivity contribution in [3.8, 4) is 28.2 Å². The molecule has 0 unspecified atom stereocenters. The van der Waals surface area contributed by atoms with E-state index in [1.807, 2.05) is 36.4 Å². The number of aldehydes is 1. The lowest BCUT2D eigenvalue weighted by Crippen LogP contribution is -1.97. The Kier molecular flexibility index (Phi) is 4.57. The van der Waals surface area contributed by atoms with Gasteiger partial charge in [0.15, 0.2) is 12.0 Å². The molecule has 3 aromatic rings. The van der Waals surface area contributed by atoms with Crippen LogP contribution in [0.25, 0.3) is 22.5 Å². The second-order valence-electron chi connectivity index (χ2n) is 5.25. The number of carbonyl (C=O) groups is 1. The highest BCUT2D eigenvalue weighted by Crippen LogP contribution is 2.35.